The van der Waals surface area contributed by atoms with E-state index in [4.69, 9.17) is 0 Å². The normalized spacial score (nSPS) is 10.8. The standard InChI is InChI=1S/C22H22Si.2C4H9.Hf/c1-15-13-17-9-5-7-11-19(17)21(15)23(3,4)22-16(2)14-18-10-6-8-12-20(18)22;2*1-3-4-2;/h5-14H,1-4H3;2*1,3-4H2,2H3;/q-2;2*-1;+4. The van der Waals surface area contributed by atoms with Gasteiger partial charge in [-0.2, -0.15) is 23.2 Å². The van der Waals surface area contributed by atoms with Crippen molar-refractivity contribution in [1.82, 2.24) is 0 Å². The second kappa shape index (κ2) is 13.5. The minimum Gasteiger partial charge on any atom is -0.343 e. The third kappa shape index (κ3) is 6.41. The Kier molecular flexibility index (Phi) is 12.1. The summed E-state index contributed by atoms with van der Waals surface area (Å²) in [4.78, 5) is 0. The molecule has 0 aromatic heterocycles. The Morgan fingerprint density at radius 1 is 0.688 bits per heavy atom. The van der Waals surface area contributed by atoms with Crippen LogP contribution in [0.1, 0.15) is 50.7 Å². The first-order chi connectivity index (χ1) is 14.8. The molecule has 4 rings (SSSR count). The van der Waals surface area contributed by atoms with Gasteiger partial charge in [-0.25, -0.2) is 0 Å². The Hall–Kier alpha value is -1.25. The summed E-state index contributed by atoms with van der Waals surface area (Å²) in [7, 11) is -1.77. The zero-order valence-electron chi connectivity index (χ0n) is 21.0. The number of hydrogen-bond donors (Lipinski definition) is 0. The number of hydrogen-bond acceptors (Lipinski definition) is 0. The molecule has 0 saturated heterocycles. The summed E-state index contributed by atoms with van der Waals surface area (Å²) in [6.45, 7) is 21.0. The molecule has 168 valence electrons. The second-order valence-electron chi connectivity index (χ2n) is 8.91. The van der Waals surface area contributed by atoms with Crippen molar-refractivity contribution in [2.24, 2.45) is 0 Å². The summed E-state index contributed by atoms with van der Waals surface area (Å²) in [5.74, 6) is 0. The van der Waals surface area contributed by atoms with Gasteiger partial charge in [0.15, 0.2) is 0 Å². The van der Waals surface area contributed by atoms with E-state index in [0.29, 0.717) is 0 Å². The van der Waals surface area contributed by atoms with Crippen molar-refractivity contribution in [3.8, 4) is 0 Å². The Labute approximate surface area is 217 Å². The van der Waals surface area contributed by atoms with E-state index in [1.807, 2.05) is 0 Å². The summed E-state index contributed by atoms with van der Waals surface area (Å²) in [5, 5.41) is 8.88. The van der Waals surface area contributed by atoms with E-state index in [1.54, 1.807) is 10.4 Å². The maximum Gasteiger partial charge on any atom is 4.00 e. The van der Waals surface area contributed by atoms with E-state index in [-0.39, 0.29) is 25.8 Å². The molecule has 0 unspecified atom stereocenters. The van der Waals surface area contributed by atoms with Crippen molar-refractivity contribution < 1.29 is 25.8 Å². The number of fused-ring (bicyclic) bond motifs is 2. The SMILES string of the molecule is Cc1[cH-]c2ccccc2c1[Si](C)(C)c1c(C)[cH-]c2ccccc12.[CH2-]CCC.[CH2-]CCC.[Hf+4]. The van der Waals surface area contributed by atoms with Gasteiger partial charge in [-0.05, 0) is 0 Å². The minimum atomic E-state index is -1.77. The van der Waals surface area contributed by atoms with Gasteiger partial charge in [0.1, 0.15) is 0 Å². The van der Waals surface area contributed by atoms with E-state index < -0.39 is 8.07 Å². The minimum absolute atomic E-state index is 0. The summed E-state index contributed by atoms with van der Waals surface area (Å²) >= 11 is 0. The molecule has 0 saturated carbocycles. The van der Waals surface area contributed by atoms with Crippen LogP contribution in [0.15, 0.2) is 60.7 Å². The number of benzene rings is 2. The summed E-state index contributed by atoms with van der Waals surface area (Å²) in [6.07, 6.45) is 4.56. The molecule has 0 aliphatic rings. The van der Waals surface area contributed by atoms with E-state index in [2.05, 4.69) is 115 Å². The second-order valence-corrected chi connectivity index (χ2v) is 13.2. The van der Waals surface area contributed by atoms with Gasteiger partial charge in [-0.1, -0.05) is 65.8 Å². The predicted octanol–water partition coefficient (Wildman–Crippen LogP) is 8.11. The first-order valence-electron chi connectivity index (χ1n) is 11.7. The van der Waals surface area contributed by atoms with Crippen LogP contribution in [0.25, 0.3) is 21.5 Å². The molecule has 0 fully saturated rings. The summed E-state index contributed by atoms with van der Waals surface area (Å²) < 4.78 is 0. The summed E-state index contributed by atoms with van der Waals surface area (Å²) in [6, 6.07) is 22.4. The van der Waals surface area contributed by atoms with Crippen LogP contribution in [0.2, 0.25) is 13.1 Å². The maximum absolute atomic E-state index is 3.60. The zero-order chi connectivity index (χ0) is 23.0. The van der Waals surface area contributed by atoms with Crippen LogP contribution in [0.4, 0.5) is 0 Å². The van der Waals surface area contributed by atoms with Crippen molar-refractivity contribution in [3.05, 3.63) is 85.6 Å². The van der Waals surface area contributed by atoms with Crippen LogP contribution < -0.4 is 10.4 Å². The zero-order valence-corrected chi connectivity index (χ0v) is 25.6. The Morgan fingerprint density at radius 3 is 1.31 bits per heavy atom. The number of unbranched alkanes of at least 4 members (excludes halogenated alkanes) is 2. The van der Waals surface area contributed by atoms with Crippen molar-refractivity contribution in [2.45, 2.75) is 66.5 Å². The molecular formula is C30H40HfSi. The third-order valence-corrected chi connectivity index (χ3v) is 9.78. The topological polar surface area (TPSA) is 0 Å². The molecule has 32 heavy (non-hydrogen) atoms. The average molecular weight is 607 g/mol. The molecule has 0 radical (unpaired) electrons. The number of aryl methyl sites for hydroxylation is 2. The smallest absolute Gasteiger partial charge is 0.343 e. The van der Waals surface area contributed by atoms with E-state index in [1.165, 1.54) is 45.5 Å². The van der Waals surface area contributed by atoms with Crippen LogP contribution in [0, 0.1) is 27.7 Å². The summed E-state index contributed by atoms with van der Waals surface area (Å²) in [5.41, 5.74) is 2.90. The number of rotatable bonds is 4. The molecular weight excluding hydrogens is 567 g/mol. The van der Waals surface area contributed by atoms with Gasteiger partial charge in [-0.15, -0.1) is 81.2 Å². The van der Waals surface area contributed by atoms with E-state index in [9.17, 15) is 0 Å². The molecule has 0 atom stereocenters. The molecule has 0 nitrogen and oxygen atoms in total. The molecule has 0 spiro atoms. The fraction of sp³-hybridized carbons (Fsp3) is 0.333. The molecule has 0 heterocycles. The maximum atomic E-state index is 3.60. The first kappa shape index (κ1) is 28.8. The Bertz CT molecular complexity index is 991. The molecule has 0 amide bonds. The average Bonchev–Trinajstić information content (AvgIpc) is 3.29. The van der Waals surface area contributed by atoms with Gasteiger partial charge in [0.25, 0.3) is 0 Å². The monoisotopic (exact) mass is 608 g/mol. The van der Waals surface area contributed by atoms with Crippen molar-refractivity contribution in [1.29, 1.82) is 0 Å². The van der Waals surface area contributed by atoms with Crippen LogP contribution in [0.5, 0.6) is 0 Å². The molecule has 2 heteroatoms. The van der Waals surface area contributed by atoms with Gasteiger partial charge in [-0.3, -0.25) is 0 Å². The van der Waals surface area contributed by atoms with Crippen molar-refractivity contribution in [2.75, 3.05) is 0 Å². The molecule has 4 aromatic carbocycles. The third-order valence-electron chi connectivity index (χ3n) is 5.95. The molecule has 4 aromatic rings. The van der Waals surface area contributed by atoms with E-state index in [0.717, 1.165) is 12.8 Å². The van der Waals surface area contributed by atoms with Crippen LogP contribution in [-0.2, 0) is 25.8 Å². The van der Waals surface area contributed by atoms with Gasteiger partial charge < -0.3 is 13.8 Å². The largest absolute Gasteiger partial charge is 4.00 e. The van der Waals surface area contributed by atoms with Gasteiger partial charge in [0.05, 0.1) is 0 Å². The van der Waals surface area contributed by atoms with Crippen molar-refractivity contribution >= 4 is 40.0 Å². The van der Waals surface area contributed by atoms with Gasteiger partial charge >= 0.3 is 25.8 Å². The van der Waals surface area contributed by atoms with Crippen molar-refractivity contribution in [3.63, 3.8) is 0 Å². The quantitative estimate of drug-likeness (QED) is 0.163. The Balaban J connectivity index is 0.000000497. The predicted molar refractivity (Wildman–Crippen MR) is 146 cm³/mol. The van der Waals surface area contributed by atoms with Gasteiger partial charge in [0.2, 0.25) is 0 Å². The Morgan fingerprint density at radius 2 is 1.00 bits per heavy atom. The van der Waals surface area contributed by atoms with Gasteiger partial charge in [0, 0.05) is 8.07 Å². The molecule has 0 aliphatic carbocycles. The fourth-order valence-electron chi connectivity index (χ4n) is 4.52. The first-order valence-corrected chi connectivity index (χ1v) is 14.7. The van der Waals surface area contributed by atoms with Crippen LogP contribution in [-0.4, -0.2) is 8.07 Å². The molecule has 0 bridgehead atoms. The molecule has 0 aliphatic heterocycles. The van der Waals surface area contributed by atoms with Crippen LogP contribution >= 0.6 is 0 Å². The van der Waals surface area contributed by atoms with E-state index >= 15 is 0 Å². The molecule has 0 N–H and O–H groups in total. The fourth-order valence-corrected chi connectivity index (χ4v) is 8.69. The van der Waals surface area contributed by atoms with Crippen LogP contribution in [0.3, 0.4) is 0 Å².